The van der Waals surface area contributed by atoms with Crippen LogP contribution >= 0.6 is 11.6 Å². The first kappa shape index (κ1) is 14.9. The molecular formula is C17H16ClNO3. The SMILES string of the molecule is O=C(NC(CO)c1ccc(Cl)cc1)C1Cc2ccccc2O1. The summed E-state index contributed by atoms with van der Waals surface area (Å²) in [6, 6.07) is 14.2. The molecule has 2 aromatic carbocycles. The number of hydrogen-bond donors (Lipinski definition) is 2. The van der Waals surface area contributed by atoms with Gasteiger partial charge in [0.05, 0.1) is 12.6 Å². The Bertz CT molecular complexity index is 647. The highest BCUT2D eigenvalue weighted by atomic mass is 35.5. The van der Waals surface area contributed by atoms with Crippen molar-refractivity contribution in [3.05, 3.63) is 64.7 Å². The smallest absolute Gasteiger partial charge is 0.261 e. The molecule has 0 spiro atoms. The van der Waals surface area contributed by atoms with Crippen molar-refractivity contribution < 1.29 is 14.6 Å². The largest absolute Gasteiger partial charge is 0.480 e. The Morgan fingerprint density at radius 1 is 1.27 bits per heavy atom. The summed E-state index contributed by atoms with van der Waals surface area (Å²) < 4.78 is 5.65. The Balaban J connectivity index is 1.67. The van der Waals surface area contributed by atoms with Gasteiger partial charge >= 0.3 is 0 Å². The van der Waals surface area contributed by atoms with Gasteiger partial charge in [-0.05, 0) is 29.3 Å². The van der Waals surface area contributed by atoms with Crippen molar-refractivity contribution in [2.45, 2.75) is 18.6 Å². The number of halogens is 1. The molecule has 0 aliphatic carbocycles. The van der Waals surface area contributed by atoms with Crippen molar-refractivity contribution in [1.29, 1.82) is 0 Å². The third kappa shape index (κ3) is 3.08. The normalized spacial score (nSPS) is 17.5. The third-order valence-corrected chi connectivity index (χ3v) is 3.96. The van der Waals surface area contributed by atoms with Gasteiger partial charge in [-0.3, -0.25) is 4.79 Å². The molecule has 2 unspecified atom stereocenters. The Labute approximate surface area is 133 Å². The van der Waals surface area contributed by atoms with Crippen LogP contribution in [0.25, 0.3) is 0 Å². The number of carbonyl (C=O) groups is 1. The van der Waals surface area contributed by atoms with E-state index in [9.17, 15) is 9.90 Å². The Kier molecular flexibility index (Phi) is 4.32. The molecule has 0 aromatic heterocycles. The molecular weight excluding hydrogens is 302 g/mol. The number of ether oxygens (including phenoxy) is 1. The first-order chi connectivity index (χ1) is 10.7. The van der Waals surface area contributed by atoms with Gasteiger partial charge in [0.25, 0.3) is 5.91 Å². The van der Waals surface area contributed by atoms with Crippen LogP contribution in [0, 0.1) is 0 Å². The second-order valence-electron chi connectivity index (χ2n) is 5.21. The molecule has 22 heavy (non-hydrogen) atoms. The zero-order valence-electron chi connectivity index (χ0n) is 11.8. The number of carbonyl (C=O) groups excluding carboxylic acids is 1. The Morgan fingerprint density at radius 3 is 2.68 bits per heavy atom. The molecule has 4 nitrogen and oxygen atoms in total. The first-order valence-electron chi connectivity index (χ1n) is 7.08. The summed E-state index contributed by atoms with van der Waals surface area (Å²) in [5, 5.41) is 13.0. The monoisotopic (exact) mass is 317 g/mol. The summed E-state index contributed by atoms with van der Waals surface area (Å²) in [5.74, 6) is 0.514. The van der Waals surface area contributed by atoms with E-state index in [1.807, 2.05) is 24.3 Å². The van der Waals surface area contributed by atoms with Gasteiger partial charge < -0.3 is 15.2 Å². The van der Waals surface area contributed by atoms with E-state index in [4.69, 9.17) is 16.3 Å². The average Bonchev–Trinajstić information content (AvgIpc) is 2.97. The zero-order valence-corrected chi connectivity index (χ0v) is 12.6. The molecule has 1 amide bonds. The molecule has 1 aliphatic rings. The number of nitrogens with one attached hydrogen (secondary N) is 1. The standard InChI is InChI=1S/C17H16ClNO3/c18-13-7-5-11(6-8-13)14(10-20)19-17(21)16-9-12-3-1-2-4-15(12)22-16/h1-8,14,16,20H,9-10H2,(H,19,21). The lowest BCUT2D eigenvalue weighted by molar-refractivity contribution is -0.128. The van der Waals surface area contributed by atoms with Gasteiger partial charge in [0.2, 0.25) is 0 Å². The van der Waals surface area contributed by atoms with E-state index in [1.54, 1.807) is 24.3 Å². The summed E-state index contributed by atoms with van der Waals surface area (Å²) in [4.78, 5) is 12.4. The van der Waals surface area contributed by atoms with Crippen LogP contribution in [0.3, 0.4) is 0 Å². The number of hydrogen-bond acceptors (Lipinski definition) is 3. The third-order valence-electron chi connectivity index (χ3n) is 3.71. The highest BCUT2D eigenvalue weighted by Crippen LogP contribution is 2.28. The lowest BCUT2D eigenvalue weighted by atomic mass is 10.1. The van der Waals surface area contributed by atoms with E-state index in [-0.39, 0.29) is 12.5 Å². The number of amides is 1. The van der Waals surface area contributed by atoms with E-state index in [2.05, 4.69) is 5.32 Å². The molecule has 0 fully saturated rings. The number of rotatable bonds is 4. The van der Waals surface area contributed by atoms with Gasteiger partial charge in [0.1, 0.15) is 5.75 Å². The lowest BCUT2D eigenvalue weighted by Gasteiger charge is -2.19. The molecule has 0 bridgehead atoms. The quantitative estimate of drug-likeness (QED) is 0.911. The first-order valence-corrected chi connectivity index (χ1v) is 7.46. The van der Waals surface area contributed by atoms with Crippen LogP contribution in [0.15, 0.2) is 48.5 Å². The maximum atomic E-state index is 12.4. The molecule has 2 aromatic rings. The topological polar surface area (TPSA) is 58.6 Å². The second kappa shape index (κ2) is 6.38. The van der Waals surface area contributed by atoms with Crippen LogP contribution in [0.1, 0.15) is 17.2 Å². The summed E-state index contributed by atoms with van der Waals surface area (Å²) in [6.45, 7) is -0.187. The van der Waals surface area contributed by atoms with Crippen molar-refractivity contribution in [3.63, 3.8) is 0 Å². The van der Waals surface area contributed by atoms with E-state index < -0.39 is 12.1 Å². The lowest BCUT2D eigenvalue weighted by Crippen LogP contribution is -2.40. The van der Waals surface area contributed by atoms with Crippen molar-refractivity contribution in [2.24, 2.45) is 0 Å². The maximum Gasteiger partial charge on any atom is 0.261 e. The Hall–Kier alpha value is -2.04. The van der Waals surface area contributed by atoms with Gasteiger partial charge in [-0.15, -0.1) is 0 Å². The number of benzene rings is 2. The minimum Gasteiger partial charge on any atom is -0.480 e. The van der Waals surface area contributed by atoms with Gasteiger partial charge in [-0.2, -0.15) is 0 Å². The Morgan fingerprint density at radius 2 is 2.00 bits per heavy atom. The number of aliphatic hydroxyl groups excluding tert-OH is 1. The van der Waals surface area contributed by atoms with Crippen LogP contribution in [-0.4, -0.2) is 23.7 Å². The number of aliphatic hydroxyl groups is 1. The molecule has 1 heterocycles. The van der Waals surface area contributed by atoms with Crippen molar-refractivity contribution in [3.8, 4) is 5.75 Å². The van der Waals surface area contributed by atoms with Crippen LogP contribution in [0.2, 0.25) is 5.02 Å². The minimum absolute atomic E-state index is 0.187. The predicted octanol–water partition coefficient (Wildman–Crippen LogP) is 2.49. The number of para-hydroxylation sites is 1. The summed E-state index contributed by atoms with van der Waals surface area (Å²) in [5.41, 5.74) is 1.82. The second-order valence-corrected chi connectivity index (χ2v) is 5.65. The fourth-order valence-electron chi connectivity index (χ4n) is 2.52. The molecule has 5 heteroatoms. The molecule has 2 atom stereocenters. The van der Waals surface area contributed by atoms with Crippen LogP contribution < -0.4 is 10.1 Å². The number of fused-ring (bicyclic) bond motifs is 1. The van der Waals surface area contributed by atoms with E-state index >= 15 is 0 Å². The molecule has 0 radical (unpaired) electrons. The van der Waals surface area contributed by atoms with Crippen LogP contribution in [0.5, 0.6) is 5.75 Å². The maximum absolute atomic E-state index is 12.4. The molecule has 3 rings (SSSR count). The van der Waals surface area contributed by atoms with E-state index in [0.717, 1.165) is 16.9 Å². The summed E-state index contributed by atoms with van der Waals surface area (Å²) in [7, 11) is 0. The molecule has 0 saturated carbocycles. The van der Waals surface area contributed by atoms with Gasteiger partial charge in [-0.1, -0.05) is 41.9 Å². The van der Waals surface area contributed by atoms with Crippen molar-refractivity contribution >= 4 is 17.5 Å². The van der Waals surface area contributed by atoms with Crippen LogP contribution in [0.4, 0.5) is 0 Å². The van der Waals surface area contributed by atoms with Crippen molar-refractivity contribution in [1.82, 2.24) is 5.32 Å². The molecule has 2 N–H and O–H groups in total. The van der Waals surface area contributed by atoms with Gasteiger partial charge in [-0.25, -0.2) is 0 Å². The molecule has 114 valence electrons. The van der Waals surface area contributed by atoms with E-state index in [1.165, 1.54) is 0 Å². The zero-order chi connectivity index (χ0) is 15.5. The summed E-state index contributed by atoms with van der Waals surface area (Å²) in [6.07, 6.45) is -0.0143. The predicted molar refractivity (Wildman–Crippen MR) is 84.0 cm³/mol. The minimum atomic E-state index is -0.557. The highest BCUT2D eigenvalue weighted by Gasteiger charge is 2.30. The fraction of sp³-hybridized carbons (Fsp3) is 0.235. The van der Waals surface area contributed by atoms with Gasteiger partial charge in [0.15, 0.2) is 6.10 Å². The van der Waals surface area contributed by atoms with E-state index in [0.29, 0.717) is 11.4 Å². The average molecular weight is 318 g/mol. The molecule has 0 saturated heterocycles. The molecule has 1 aliphatic heterocycles. The van der Waals surface area contributed by atoms with Crippen molar-refractivity contribution in [2.75, 3.05) is 6.61 Å². The fourth-order valence-corrected chi connectivity index (χ4v) is 2.65. The summed E-state index contributed by atoms with van der Waals surface area (Å²) >= 11 is 5.85. The van der Waals surface area contributed by atoms with Gasteiger partial charge in [0, 0.05) is 11.4 Å². The van der Waals surface area contributed by atoms with Crippen LogP contribution in [-0.2, 0) is 11.2 Å². The highest BCUT2D eigenvalue weighted by molar-refractivity contribution is 6.30.